The molecule has 1 amide bonds. The lowest BCUT2D eigenvalue weighted by Crippen LogP contribution is -2.34. The largest absolute Gasteiger partial charge is 0.348 e. The van der Waals surface area contributed by atoms with Crippen molar-refractivity contribution in [3.05, 3.63) is 39.4 Å². The molecule has 1 unspecified atom stereocenters. The topological polar surface area (TPSA) is 72.2 Å². The molecule has 5 nitrogen and oxygen atoms in total. The third-order valence-electron chi connectivity index (χ3n) is 2.27. The van der Waals surface area contributed by atoms with Gasteiger partial charge in [-0.15, -0.1) is 11.6 Å². The van der Waals surface area contributed by atoms with Crippen molar-refractivity contribution in [1.82, 2.24) is 5.32 Å². The summed E-state index contributed by atoms with van der Waals surface area (Å²) in [6.07, 6.45) is 0. The van der Waals surface area contributed by atoms with Crippen molar-refractivity contribution < 1.29 is 9.72 Å². The quantitative estimate of drug-likeness (QED) is 0.510. The Morgan fingerprint density at radius 3 is 2.71 bits per heavy atom. The first-order valence-electron chi connectivity index (χ1n) is 5.07. The van der Waals surface area contributed by atoms with Gasteiger partial charge in [0.05, 0.1) is 4.92 Å². The number of nitrogens with one attached hydrogen (secondary N) is 1. The standard InChI is InChI=1S/C11H13ClN2O3/c1-7-5-9(14(16)17)3-4-10(7)11(15)13-8(2)6-12/h3-5,8H,6H2,1-2H3,(H,13,15). The van der Waals surface area contributed by atoms with E-state index in [4.69, 9.17) is 11.6 Å². The molecule has 1 rings (SSSR count). The number of aryl methyl sites for hydroxylation is 1. The molecule has 1 atom stereocenters. The minimum Gasteiger partial charge on any atom is -0.348 e. The molecule has 0 fully saturated rings. The normalized spacial score (nSPS) is 11.9. The Morgan fingerprint density at radius 2 is 2.24 bits per heavy atom. The molecule has 1 N–H and O–H groups in total. The van der Waals surface area contributed by atoms with Crippen molar-refractivity contribution in [3.63, 3.8) is 0 Å². The van der Waals surface area contributed by atoms with Crippen LogP contribution in [0, 0.1) is 17.0 Å². The second-order valence-electron chi connectivity index (χ2n) is 3.79. The number of rotatable bonds is 4. The maximum absolute atomic E-state index is 11.8. The van der Waals surface area contributed by atoms with Crippen molar-refractivity contribution >= 4 is 23.2 Å². The average Bonchev–Trinajstić information content (AvgIpc) is 2.28. The Balaban J connectivity index is 2.92. The fourth-order valence-electron chi connectivity index (χ4n) is 1.36. The number of amides is 1. The summed E-state index contributed by atoms with van der Waals surface area (Å²) >= 11 is 5.59. The van der Waals surface area contributed by atoms with Crippen molar-refractivity contribution in [2.75, 3.05) is 5.88 Å². The Kier molecular flexibility index (Phi) is 4.45. The molecule has 92 valence electrons. The number of halogens is 1. The van der Waals surface area contributed by atoms with E-state index in [2.05, 4.69) is 5.32 Å². The lowest BCUT2D eigenvalue weighted by molar-refractivity contribution is -0.384. The molecule has 0 aliphatic heterocycles. The van der Waals surface area contributed by atoms with Gasteiger partial charge in [-0.05, 0) is 25.5 Å². The summed E-state index contributed by atoms with van der Waals surface area (Å²) in [4.78, 5) is 21.8. The molecule has 0 heterocycles. The minimum absolute atomic E-state index is 0.0237. The maximum Gasteiger partial charge on any atom is 0.269 e. The van der Waals surface area contributed by atoms with Crippen molar-refractivity contribution in [2.24, 2.45) is 0 Å². The van der Waals surface area contributed by atoms with Gasteiger partial charge in [0, 0.05) is 29.6 Å². The number of carbonyl (C=O) groups excluding carboxylic acids is 1. The Bertz CT molecular complexity index is 448. The number of non-ortho nitro benzene ring substituents is 1. The summed E-state index contributed by atoms with van der Waals surface area (Å²) in [6.45, 7) is 3.44. The van der Waals surface area contributed by atoms with Crippen LogP contribution in [0.3, 0.4) is 0 Å². The summed E-state index contributed by atoms with van der Waals surface area (Å²) < 4.78 is 0. The van der Waals surface area contributed by atoms with Crippen LogP contribution < -0.4 is 5.32 Å². The van der Waals surface area contributed by atoms with Gasteiger partial charge in [-0.2, -0.15) is 0 Å². The van der Waals surface area contributed by atoms with Crippen LogP contribution in [-0.2, 0) is 0 Å². The first-order chi connectivity index (χ1) is 7.95. The summed E-state index contributed by atoms with van der Waals surface area (Å²) in [5.74, 6) is 0.0446. The molecule has 0 spiro atoms. The molecule has 1 aromatic rings. The van der Waals surface area contributed by atoms with Crippen LogP contribution in [0.2, 0.25) is 0 Å². The van der Waals surface area contributed by atoms with Crippen LogP contribution in [0.15, 0.2) is 18.2 Å². The smallest absolute Gasteiger partial charge is 0.269 e. The number of hydrogen-bond acceptors (Lipinski definition) is 3. The molecule has 0 aromatic heterocycles. The molecule has 0 aliphatic carbocycles. The summed E-state index contributed by atoms with van der Waals surface area (Å²) in [6, 6.07) is 4.00. The van der Waals surface area contributed by atoms with Gasteiger partial charge in [0.1, 0.15) is 0 Å². The minimum atomic E-state index is -0.490. The number of hydrogen-bond donors (Lipinski definition) is 1. The Hall–Kier alpha value is -1.62. The second-order valence-corrected chi connectivity index (χ2v) is 4.09. The number of nitro benzene ring substituents is 1. The van der Waals surface area contributed by atoms with Gasteiger partial charge in [-0.25, -0.2) is 0 Å². The van der Waals surface area contributed by atoms with Gasteiger partial charge in [0.25, 0.3) is 11.6 Å². The Morgan fingerprint density at radius 1 is 1.59 bits per heavy atom. The molecule has 1 aromatic carbocycles. The molecular weight excluding hydrogens is 244 g/mol. The van der Waals surface area contributed by atoms with Crippen LogP contribution in [-0.4, -0.2) is 22.8 Å². The molecule has 0 saturated carbocycles. The lowest BCUT2D eigenvalue weighted by Gasteiger charge is -2.11. The maximum atomic E-state index is 11.8. The highest BCUT2D eigenvalue weighted by Gasteiger charge is 2.14. The first kappa shape index (κ1) is 13.4. The van der Waals surface area contributed by atoms with E-state index >= 15 is 0 Å². The Labute approximate surface area is 104 Å². The van der Waals surface area contributed by atoms with Gasteiger partial charge in [-0.3, -0.25) is 14.9 Å². The van der Waals surface area contributed by atoms with E-state index in [1.807, 2.05) is 0 Å². The van der Waals surface area contributed by atoms with E-state index in [0.29, 0.717) is 17.0 Å². The monoisotopic (exact) mass is 256 g/mol. The van der Waals surface area contributed by atoms with Crippen LogP contribution in [0.5, 0.6) is 0 Å². The molecule has 0 aliphatic rings. The van der Waals surface area contributed by atoms with E-state index in [1.165, 1.54) is 18.2 Å². The third-order valence-corrected chi connectivity index (χ3v) is 2.74. The van der Waals surface area contributed by atoms with Gasteiger partial charge in [-0.1, -0.05) is 0 Å². The van der Waals surface area contributed by atoms with Crippen LogP contribution in [0.25, 0.3) is 0 Å². The fraction of sp³-hybridized carbons (Fsp3) is 0.364. The van der Waals surface area contributed by atoms with Gasteiger partial charge < -0.3 is 5.32 Å². The number of carbonyl (C=O) groups is 1. The van der Waals surface area contributed by atoms with E-state index < -0.39 is 4.92 Å². The molecule has 17 heavy (non-hydrogen) atoms. The number of alkyl halides is 1. The number of nitrogens with zero attached hydrogens (tertiary/aromatic N) is 1. The van der Waals surface area contributed by atoms with Gasteiger partial charge >= 0.3 is 0 Å². The van der Waals surface area contributed by atoms with Crippen LogP contribution in [0.1, 0.15) is 22.8 Å². The molecule has 6 heteroatoms. The van der Waals surface area contributed by atoms with E-state index in [-0.39, 0.29) is 17.6 Å². The summed E-state index contributed by atoms with van der Waals surface area (Å²) in [5.41, 5.74) is 0.968. The zero-order valence-electron chi connectivity index (χ0n) is 9.57. The predicted octanol–water partition coefficient (Wildman–Crippen LogP) is 2.26. The number of benzene rings is 1. The molecule has 0 radical (unpaired) electrons. The molecular formula is C11H13ClN2O3. The van der Waals surface area contributed by atoms with Gasteiger partial charge in [0.2, 0.25) is 0 Å². The van der Waals surface area contributed by atoms with Crippen molar-refractivity contribution in [2.45, 2.75) is 19.9 Å². The van der Waals surface area contributed by atoms with E-state index in [1.54, 1.807) is 13.8 Å². The van der Waals surface area contributed by atoms with E-state index in [0.717, 1.165) is 0 Å². The second kappa shape index (κ2) is 5.63. The molecule has 0 saturated heterocycles. The highest BCUT2D eigenvalue weighted by molar-refractivity contribution is 6.18. The zero-order valence-corrected chi connectivity index (χ0v) is 10.3. The average molecular weight is 257 g/mol. The van der Waals surface area contributed by atoms with Crippen LogP contribution in [0.4, 0.5) is 5.69 Å². The summed E-state index contributed by atoms with van der Waals surface area (Å²) in [5, 5.41) is 13.2. The third kappa shape index (κ3) is 3.42. The van der Waals surface area contributed by atoms with E-state index in [9.17, 15) is 14.9 Å². The van der Waals surface area contributed by atoms with Gasteiger partial charge in [0.15, 0.2) is 0 Å². The highest BCUT2D eigenvalue weighted by Crippen LogP contribution is 2.17. The molecule has 0 bridgehead atoms. The van der Waals surface area contributed by atoms with Crippen LogP contribution >= 0.6 is 11.6 Å². The predicted molar refractivity (Wildman–Crippen MR) is 65.5 cm³/mol. The number of nitro groups is 1. The summed E-state index contributed by atoms with van der Waals surface area (Å²) in [7, 11) is 0. The van der Waals surface area contributed by atoms with Crippen molar-refractivity contribution in [3.8, 4) is 0 Å². The zero-order chi connectivity index (χ0) is 13.0. The fourth-order valence-corrected chi connectivity index (χ4v) is 1.43. The SMILES string of the molecule is Cc1cc([N+](=O)[O-])ccc1C(=O)NC(C)CCl. The lowest BCUT2D eigenvalue weighted by atomic mass is 10.1. The highest BCUT2D eigenvalue weighted by atomic mass is 35.5. The van der Waals surface area contributed by atoms with Crippen molar-refractivity contribution in [1.29, 1.82) is 0 Å². The first-order valence-corrected chi connectivity index (χ1v) is 5.61.